The quantitative estimate of drug-likeness (QED) is 0.660. The molecule has 0 atom stereocenters. The fourth-order valence-corrected chi connectivity index (χ4v) is 1.56. The number of H-pyrrole nitrogens is 1. The first-order chi connectivity index (χ1) is 7.81. The van der Waals surface area contributed by atoms with Gasteiger partial charge in [0.15, 0.2) is 4.77 Å². The van der Waals surface area contributed by atoms with Crippen molar-refractivity contribution in [2.24, 2.45) is 0 Å². The molecule has 0 radical (unpaired) electrons. The van der Waals surface area contributed by atoms with Crippen molar-refractivity contribution in [1.82, 2.24) is 14.8 Å². The minimum atomic E-state index is -4.29. The molecule has 1 aromatic rings. The standard InChI is InChI=1S/C9H14F3N3OS/c1-6(2)7-13-14-8(17)15(7)3-4-16-5-9(10,11)12/h6H,3-5H2,1-2H3,(H,14,17). The van der Waals surface area contributed by atoms with Gasteiger partial charge in [-0.05, 0) is 12.2 Å². The van der Waals surface area contributed by atoms with Crippen molar-refractivity contribution < 1.29 is 17.9 Å². The van der Waals surface area contributed by atoms with E-state index in [1.807, 2.05) is 13.8 Å². The molecule has 0 unspecified atom stereocenters. The summed E-state index contributed by atoms with van der Waals surface area (Å²) in [5.41, 5.74) is 0. The van der Waals surface area contributed by atoms with Gasteiger partial charge in [0.25, 0.3) is 0 Å². The number of nitrogens with one attached hydrogen (secondary N) is 1. The van der Waals surface area contributed by atoms with Gasteiger partial charge in [0.05, 0.1) is 13.2 Å². The molecule has 0 saturated carbocycles. The molecule has 0 aliphatic carbocycles. The maximum absolute atomic E-state index is 11.8. The van der Waals surface area contributed by atoms with Crippen molar-refractivity contribution in [2.45, 2.75) is 32.5 Å². The van der Waals surface area contributed by atoms with Gasteiger partial charge in [-0.25, -0.2) is 0 Å². The van der Waals surface area contributed by atoms with Crippen LogP contribution < -0.4 is 0 Å². The first-order valence-electron chi connectivity index (χ1n) is 5.11. The van der Waals surface area contributed by atoms with Crippen molar-refractivity contribution in [3.05, 3.63) is 10.6 Å². The van der Waals surface area contributed by atoms with Crippen LogP contribution in [0.5, 0.6) is 0 Å². The van der Waals surface area contributed by atoms with Gasteiger partial charge in [-0.1, -0.05) is 13.8 Å². The predicted molar refractivity (Wildman–Crippen MR) is 58.4 cm³/mol. The second-order valence-electron chi connectivity index (χ2n) is 3.86. The van der Waals surface area contributed by atoms with Crippen LogP contribution in [0.15, 0.2) is 0 Å². The Morgan fingerprint density at radius 2 is 2.12 bits per heavy atom. The summed E-state index contributed by atoms with van der Waals surface area (Å²) in [4.78, 5) is 0. The normalized spacial score (nSPS) is 12.4. The average Bonchev–Trinajstić information content (AvgIpc) is 2.53. The van der Waals surface area contributed by atoms with Gasteiger partial charge >= 0.3 is 6.18 Å². The second kappa shape index (κ2) is 5.63. The largest absolute Gasteiger partial charge is 0.411 e. The number of hydrogen-bond donors (Lipinski definition) is 1. The molecule has 0 saturated heterocycles. The van der Waals surface area contributed by atoms with Crippen LogP contribution in [0.25, 0.3) is 0 Å². The maximum atomic E-state index is 11.8. The van der Waals surface area contributed by atoms with Gasteiger partial charge in [-0.3, -0.25) is 5.10 Å². The molecule has 98 valence electrons. The van der Waals surface area contributed by atoms with Crippen LogP contribution in [0.4, 0.5) is 13.2 Å². The van der Waals surface area contributed by atoms with Crippen LogP contribution in [0.1, 0.15) is 25.6 Å². The number of rotatable bonds is 5. The van der Waals surface area contributed by atoms with E-state index >= 15 is 0 Å². The molecule has 1 aromatic heterocycles. The summed E-state index contributed by atoms with van der Waals surface area (Å²) in [7, 11) is 0. The van der Waals surface area contributed by atoms with Crippen LogP contribution in [-0.4, -0.2) is 34.2 Å². The third-order valence-corrected chi connectivity index (χ3v) is 2.34. The number of aromatic nitrogens is 3. The zero-order valence-electron chi connectivity index (χ0n) is 9.54. The SMILES string of the molecule is CC(C)c1n[nH]c(=S)n1CCOCC(F)(F)F. The van der Waals surface area contributed by atoms with Crippen LogP contribution in [0.3, 0.4) is 0 Å². The number of nitrogens with zero attached hydrogens (tertiary/aromatic N) is 2. The lowest BCUT2D eigenvalue weighted by atomic mass is 10.2. The van der Waals surface area contributed by atoms with Gasteiger partial charge in [0, 0.05) is 5.92 Å². The Kier molecular flexibility index (Phi) is 4.70. The Morgan fingerprint density at radius 3 is 2.65 bits per heavy atom. The van der Waals surface area contributed by atoms with E-state index in [4.69, 9.17) is 12.2 Å². The summed E-state index contributed by atoms with van der Waals surface area (Å²) in [6.45, 7) is 2.83. The van der Waals surface area contributed by atoms with E-state index in [2.05, 4.69) is 14.9 Å². The van der Waals surface area contributed by atoms with E-state index in [0.29, 0.717) is 10.6 Å². The summed E-state index contributed by atoms with van der Waals surface area (Å²) in [5, 5.41) is 6.62. The Bertz CT molecular complexity index is 410. The smallest absolute Gasteiger partial charge is 0.370 e. The number of aromatic amines is 1. The van der Waals surface area contributed by atoms with Crippen molar-refractivity contribution in [2.75, 3.05) is 13.2 Å². The number of ether oxygens (including phenoxy) is 1. The minimum absolute atomic E-state index is 0.0485. The van der Waals surface area contributed by atoms with Crippen LogP contribution in [-0.2, 0) is 11.3 Å². The van der Waals surface area contributed by atoms with Crippen molar-refractivity contribution in [3.63, 3.8) is 0 Å². The average molecular weight is 269 g/mol. The van der Waals surface area contributed by atoms with E-state index < -0.39 is 12.8 Å². The lowest BCUT2D eigenvalue weighted by molar-refractivity contribution is -0.174. The lowest BCUT2D eigenvalue weighted by Crippen LogP contribution is -2.19. The third-order valence-electron chi connectivity index (χ3n) is 2.03. The molecular weight excluding hydrogens is 255 g/mol. The molecule has 0 amide bonds. The van der Waals surface area contributed by atoms with Crippen LogP contribution >= 0.6 is 12.2 Å². The summed E-state index contributed by atoms with van der Waals surface area (Å²) in [5.74, 6) is 0.858. The van der Waals surface area contributed by atoms with Crippen molar-refractivity contribution in [1.29, 1.82) is 0 Å². The molecule has 0 bridgehead atoms. The molecule has 0 aliphatic heterocycles. The topological polar surface area (TPSA) is 42.8 Å². The van der Waals surface area contributed by atoms with Crippen LogP contribution in [0, 0.1) is 4.77 Å². The second-order valence-corrected chi connectivity index (χ2v) is 4.25. The highest BCUT2D eigenvalue weighted by Crippen LogP contribution is 2.15. The Hall–Kier alpha value is -0.890. The first-order valence-corrected chi connectivity index (χ1v) is 5.51. The number of alkyl halides is 3. The predicted octanol–water partition coefficient (Wildman–Crippen LogP) is 2.64. The lowest BCUT2D eigenvalue weighted by Gasteiger charge is -2.10. The zero-order valence-corrected chi connectivity index (χ0v) is 10.4. The highest BCUT2D eigenvalue weighted by atomic mass is 32.1. The third kappa shape index (κ3) is 4.47. The van der Waals surface area contributed by atoms with Crippen molar-refractivity contribution >= 4 is 12.2 Å². The fourth-order valence-electron chi connectivity index (χ4n) is 1.33. The van der Waals surface area contributed by atoms with Crippen molar-refractivity contribution in [3.8, 4) is 0 Å². The Balaban J connectivity index is 2.52. The summed E-state index contributed by atoms with van der Waals surface area (Å²) in [6.07, 6.45) is -4.29. The van der Waals surface area contributed by atoms with E-state index in [9.17, 15) is 13.2 Å². The van der Waals surface area contributed by atoms with Gasteiger partial charge in [0.2, 0.25) is 0 Å². The Morgan fingerprint density at radius 1 is 1.47 bits per heavy atom. The maximum Gasteiger partial charge on any atom is 0.411 e. The van der Waals surface area contributed by atoms with Gasteiger partial charge < -0.3 is 9.30 Å². The van der Waals surface area contributed by atoms with E-state index in [1.54, 1.807) is 4.57 Å². The van der Waals surface area contributed by atoms with Gasteiger partial charge in [-0.15, -0.1) is 0 Å². The number of halogens is 3. The molecule has 0 aromatic carbocycles. The van der Waals surface area contributed by atoms with Crippen LogP contribution in [0.2, 0.25) is 0 Å². The first kappa shape index (κ1) is 14.2. The molecule has 17 heavy (non-hydrogen) atoms. The van der Waals surface area contributed by atoms with Gasteiger partial charge in [0.1, 0.15) is 12.4 Å². The molecule has 1 N–H and O–H groups in total. The molecule has 4 nitrogen and oxygen atoms in total. The fraction of sp³-hybridized carbons (Fsp3) is 0.778. The summed E-state index contributed by atoms with van der Waals surface area (Å²) < 4.78 is 42.1. The molecule has 1 rings (SSSR count). The highest BCUT2D eigenvalue weighted by molar-refractivity contribution is 7.71. The zero-order chi connectivity index (χ0) is 13.1. The molecule has 0 aliphatic rings. The van der Waals surface area contributed by atoms with Gasteiger partial charge in [-0.2, -0.15) is 18.3 Å². The van der Waals surface area contributed by atoms with E-state index in [1.165, 1.54) is 0 Å². The summed E-state index contributed by atoms with van der Waals surface area (Å²) >= 11 is 4.98. The molecule has 1 heterocycles. The molecule has 0 spiro atoms. The summed E-state index contributed by atoms with van der Waals surface area (Å²) in [6, 6.07) is 0. The molecule has 0 fully saturated rings. The monoisotopic (exact) mass is 269 g/mol. The minimum Gasteiger partial charge on any atom is -0.370 e. The number of hydrogen-bond acceptors (Lipinski definition) is 3. The Labute approximate surface area is 102 Å². The molecular formula is C9H14F3N3OS. The molecule has 8 heteroatoms. The van der Waals surface area contributed by atoms with E-state index in [0.717, 1.165) is 0 Å². The van der Waals surface area contributed by atoms with E-state index in [-0.39, 0.29) is 19.1 Å². The highest BCUT2D eigenvalue weighted by Gasteiger charge is 2.27.